The molecule has 0 radical (unpaired) electrons. The smallest absolute Gasteiger partial charge is 0.251 e. The molecule has 1 aromatic carbocycles. The van der Waals surface area contributed by atoms with Gasteiger partial charge in [-0.3, -0.25) is 9.78 Å². The number of nitrogens with one attached hydrogen (secondary N) is 1. The molecule has 5 heterocycles. The van der Waals surface area contributed by atoms with Crippen LogP contribution in [0.25, 0.3) is 10.9 Å². The zero-order valence-electron chi connectivity index (χ0n) is 17.8. The second kappa shape index (κ2) is 9.06. The van der Waals surface area contributed by atoms with Crippen LogP contribution in [0.2, 0.25) is 0 Å². The van der Waals surface area contributed by atoms with Crippen LogP contribution >= 0.6 is 24.2 Å². The van der Waals surface area contributed by atoms with Crippen molar-refractivity contribution in [2.24, 2.45) is 0 Å². The molecule has 168 valence electrons. The summed E-state index contributed by atoms with van der Waals surface area (Å²) in [4.78, 5) is 20.7. The van der Waals surface area contributed by atoms with Crippen molar-refractivity contribution in [3.05, 3.63) is 64.2 Å². The molecule has 0 aliphatic carbocycles. The van der Waals surface area contributed by atoms with Crippen molar-refractivity contribution in [3.63, 3.8) is 0 Å². The summed E-state index contributed by atoms with van der Waals surface area (Å²) in [5.74, 6) is 2.01. The minimum atomic E-state index is 0. The summed E-state index contributed by atoms with van der Waals surface area (Å²) >= 11 is 1.74. The quantitative estimate of drug-likeness (QED) is 0.614. The third-order valence-electron chi connectivity index (χ3n) is 6.84. The van der Waals surface area contributed by atoms with Gasteiger partial charge in [0.2, 0.25) is 0 Å². The summed E-state index contributed by atoms with van der Waals surface area (Å²) < 4.78 is 7.48. The van der Waals surface area contributed by atoms with Crippen LogP contribution in [0.4, 0.5) is 0 Å². The van der Waals surface area contributed by atoms with Crippen molar-refractivity contribution in [1.29, 1.82) is 0 Å². The number of para-hydroxylation sites is 1. The molecule has 1 saturated heterocycles. The lowest BCUT2D eigenvalue weighted by Crippen LogP contribution is -2.43. The molecule has 0 bridgehead atoms. The highest BCUT2D eigenvalue weighted by Crippen LogP contribution is 2.36. The Morgan fingerprint density at radius 1 is 1.19 bits per heavy atom. The first-order chi connectivity index (χ1) is 15.2. The number of halogens is 1. The molecule has 1 atom stereocenters. The first-order valence-electron chi connectivity index (χ1n) is 11.1. The second-order valence-corrected chi connectivity index (χ2v) is 9.71. The molecule has 1 fully saturated rings. The summed E-state index contributed by atoms with van der Waals surface area (Å²) in [5, 5.41) is 4.87. The summed E-state index contributed by atoms with van der Waals surface area (Å²) in [6.45, 7) is 4.82. The van der Waals surface area contributed by atoms with E-state index in [1.807, 2.05) is 16.8 Å². The van der Waals surface area contributed by atoms with Gasteiger partial charge in [-0.25, -0.2) is 0 Å². The minimum absolute atomic E-state index is 0. The average molecular weight is 471 g/mol. The summed E-state index contributed by atoms with van der Waals surface area (Å²) in [6, 6.07) is 12.8. The van der Waals surface area contributed by atoms with Gasteiger partial charge in [0, 0.05) is 37.7 Å². The van der Waals surface area contributed by atoms with Crippen molar-refractivity contribution in [3.8, 4) is 5.75 Å². The maximum Gasteiger partial charge on any atom is 0.251 e. The van der Waals surface area contributed by atoms with Gasteiger partial charge in [-0.2, -0.15) is 0 Å². The molecule has 8 heteroatoms. The van der Waals surface area contributed by atoms with Crippen molar-refractivity contribution >= 4 is 35.1 Å². The van der Waals surface area contributed by atoms with Crippen LogP contribution in [0.1, 0.15) is 30.0 Å². The van der Waals surface area contributed by atoms with E-state index in [4.69, 9.17) is 4.74 Å². The molecule has 6 rings (SSSR count). The van der Waals surface area contributed by atoms with Crippen molar-refractivity contribution < 1.29 is 4.74 Å². The zero-order chi connectivity index (χ0) is 20.8. The highest BCUT2D eigenvalue weighted by atomic mass is 35.5. The Hall–Kier alpha value is -2.06. The van der Waals surface area contributed by atoms with E-state index < -0.39 is 0 Å². The maximum absolute atomic E-state index is 12.4. The fourth-order valence-electron chi connectivity index (χ4n) is 5.19. The number of rotatable bonds is 5. The molecule has 6 nitrogen and oxygen atoms in total. The van der Waals surface area contributed by atoms with Gasteiger partial charge in [-0.15, -0.1) is 12.4 Å². The van der Waals surface area contributed by atoms with E-state index in [2.05, 4.69) is 39.5 Å². The Morgan fingerprint density at radius 2 is 2.06 bits per heavy atom. The number of piperidine rings is 1. The molecule has 1 unspecified atom stereocenters. The molecule has 0 amide bonds. The van der Waals surface area contributed by atoms with Crippen molar-refractivity contribution in [2.45, 2.75) is 42.8 Å². The van der Waals surface area contributed by atoms with Gasteiger partial charge in [0.15, 0.2) is 5.75 Å². The number of aromatic nitrogens is 2. The lowest BCUT2D eigenvalue weighted by atomic mass is 9.97. The van der Waals surface area contributed by atoms with E-state index in [-0.39, 0.29) is 18.0 Å². The number of nitrogens with zero attached hydrogens (tertiary/aromatic N) is 3. The van der Waals surface area contributed by atoms with E-state index in [1.54, 1.807) is 17.8 Å². The fourth-order valence-corrected chi connectivity index (χ4v) is 5.98. The van der Waals surface area contributed by atoms with Gasteiger partial charge in [-0.1, -0.05) is 30.0 Å². The largest absolute Gasteiger partial charge is 0.480 e. The van der Waals surface area contributed by atoms with Crippen LogP contribution in [0, 0.1) is 0 Å². The predicted molar refractivity (Wildman–Crippen MR) is 130 cm³/mol. The van der Waals surface area contributed by atoms with Gasteiger partial charge in [0.1, 0.15) is 5.94 Å². The SMILES string of the molecule is Cl.O=c1ccc2cccc3c2n1CC3CN1CCC(NCc2cc3c(cn2)OCS3)CC1. The number of thioether (sulfide) groups is 1. The third kappa shape index (κ3) is 4.03. The second-order valence-electron chi connectivity index (χ2n) is 8.75. The molecule has 0 spiro atoms. The molecular weight excluding hydrogens is 444 g/mol. The van der Waals surface area contributed by atoms with E-state index in [0.29, 0.717) is 17.9 Å². The number of fused-ring (bicyclic) bond motifs is 1. The minimum Gasteiger partial charge on any atom is -0.480 e. The number of hydrogen-bond acceptors (Lipinski definition) is 6. The first kappa shape index (κ1) is 21.8. The fraction of sp³-hybridized carbons (Fsp3) is 0.417. The van der Waals surface area contributed by atoms with Crippen LogP contribution in [0.15, 0.2) is 52.3 Å². The molecule has 3 aliphatic heterocycles. The Bertz CT molecular complexity index is 1190. The van der Waals surface area contributed by atoms with E-state index in [0.717, 1.165) is 62.5 Å². The highest BCUT2D eigenvalue weighted by Gasteiger charge is 2.28. The van der Waals surface area contributed by atoms with E-state index >= 15 is 0 Å². The van der Waals surface area contributed by atoms with Gasteiger partial charge in [0.05, 0.1) is 22.3 Å². The number of benzene rings is 1. The topological polar surface area (TPSA) is 59.4 Å². The Morgan fingerprint density at radius 3 is 2.94 bits per heavy atom. The van der Waals surface area contributed by atoms with Gasteiger partial charge in [-0.05, 0) is 49.0 Å². The maximum atomic E-state index is 12.4. The average Bonchev–Trinajstić information content (AvgIpc) is 3.42. The van der Waals surface area contributed by atoms with Gasteiger partial charge < -0.3 is 19.5 Å². The summed E-state index contributed by atoms with van der Waals surface area (Å²) in [5.41, 5.74) is 3.68. The number of likely N-dealkylation sites (tertiary alicyclic amines) is 1. The Balaban J connectivity index is 0.00000216. The molecule has 3 aromatic rings. The lowest BCUT2D eigenvalue weighted by molar-refractivity contribution is 0.184. The van der Waals surface area contributed by atoms with Gasteiger partial charge in [0.25, 0.3) is 5.56 Å². The van der Waals surface area contributed by atoms with Crippen molar-refractivity contribution in [2.75, 3.05) is 25.6 Å². The molecule has 2 aromatic heterocycles. The third-order valence-corrected chi connectivity index (χ3v) is 7.70. The molecule has 32 heavy (non-hydrogen) atoms. The first-order valence-corrected chi connectivity index (χ1v) is 12.1. The number of ether oxygens (including phenoxy) is 1. The summed E-state index contributed by atoms with van der Waals surface area (Å²) in [7, 11) is 0. The lowest BCUT2D eigenvalue weighted by Gasteiger charge is -2.34. The predicted octanol–water partition coefficient (Wildman–Crippen LogP) is 3.61. The van der Waals surface area contributed by atoms with Crippen LogP contribution in [-0.4, -0.2) is 46.1 Å². The van der Waals surface area contributed by atoms with Crippen molar-refractivity contribution in [1.82, 2.24) is 19.8 Å². The van der Waals surface area contributed by atoms with Gasteiger partial charge >= 0.3 is 0 Å². The summed E-state index contributed by atoms with van der Waals surface area (Å²) in [6.07, 6.45) is 4.14. The van der Waals surface area contributed by atoms with Crippen LogP contribution in [0.3, 0.4) is 0 Å². The molecule has 3 aliphatic rings. The monoisotopic (exact) mass is 470 g/mol. The Labute approximate surface area is 197 Å². The zero-order valence-corrected chi connectivity index (χ0v) is 19.5. The number of hydrogen-bond donors (Lipinski definition) is 1. The van der Waals surface area contributed by atoms with Crippen LogP contribution in [-0.2, 0) is 13.1 Å². The number of pyridine rings is 2. The normalized spacial score (nSPS) is 20.2. The molecule has 0 saturated carbocycles. The van der Waals surface area contributed by atoms with E-state index in [1.165, 1.54) is 15.8 Å². The highest BCUT2D eigenvalue weighted by molar-refractivity contribution is 7.99. The molecule has 1 N–H and O–H groups in total. The standard InChI is InChI=1S/C24H26N4O2S.ClH/c29-23-5-4-16-2-1-3-20-17(14-28(23)24(16)20)13-27-8-6-18(7-9-27)25-11-19-10-22-21(12-26-19)30-15-31-22;/h1-5,10,12,17-18,25H,6-9,11,13-15H2;1H. The van der Waals surface area contributed by atoms with Crippen LogP contribution in [0.5, 0.6) is 5.75 Å². The van der Waals surface area contributed by atoms with E-state index in [9.17, 15) is 4.79 Å². The Kier molecular flexibility index (Phi) is 6.16. The van der Waals surface area contributed by atoms with Crippen LogP contribution < -0.4 is 15.6 Å². The molecular formula is C24H27ClN4O2S.